The highest BCUT2D eigenvalue weighted by Crippen LogP contribution is 2.27. The summed E-state index contributed by atoms with van der Waals surface area (Å²) in [5.74, 6) is 0.983. The van der Waals surface area contributed by atoms with Crippen molar-refractivity contribution >= 4 is 17.5 Å². The van der Waals surface area contributed by atoms with Crippen LogP contribution in [0.15, 0.2) is 82.8 Å². The highest BCUT2D eigenvalue weighted by molar-refractivity contribution is 5.98. The molecule has 144 valence electrons. The Morgan fingerprint density at radius 3 is 1.59 bits per heavy atom. The normalized spacial score (nSPS) is 20.6. The van der Waals surface area contributed by atoms with E-state index in [0.29, 0.717) is 42.1 Å². The third-order valence-corrected chi connectivity index (χ3v) is 4.96. The molecule has 0 unspecified atom stereocenters. The molecule has 2 aliphatic heterocycles. The van der Waals surface area contributed by atoms with Gasteiger partial charge in [0.25, 0.3) is 0 Å². The summed E-state index contributed by atoms with van der Waals surface area (Å²) in [7, 11) is 0. The van der Waals surface area contributed by atoms with Crippen molar-refractivity contribution in [2.45, 2.75) is 12.1 Å². The fraction of sp³-hybridized carbons (Fsp3) is 0.174. The van der Waals surface area contributed by atoms with Gasteiger partial charge in [-0.3, -0.25) is 0 Å². The third kappa shape index (κ3) is 3.57. The van der Waals surface area contributed by atoms with Crippen LogP contribution in [0.4, 0.5) is 5.69 Å². The minimum Gasteiger partial charge on any atom is -0.474 e. The largest absolute Gasteiger partial charge is 0.474 e. The molecule has 6 nitrogen and oxygen atoms in total. The van der Waals surface area contributed by atoms with E-state index in [1.807, 2.05) is 60.7 Å². The minimum absolute atomic E-state index is 0.0413. The number of nitrogens with zero attached hydrogens (tertiary/aromatic N) is 3. The lowest BCUT2D eigenvalue weighted by molar-refractivity contribution is 0.317. The molecule has 0 aliphatic carbocycles. The molecule has 0 amide bonds. The molecule has 2 atom stereocenters. The van der Waals surface area contributed by atoms with E-state index in [4.69, 9.17) is 25.2 Å². The van der Waals surface area contributed by atoms with E-state index >= 15 is 0 Å². The van der Waals surface area contributed by atoms with Gasteiger partial charge in [0.05, 0.1) is 0 Å². The number of ether oxygens (including phenoxy) is 2. The maximum Gasteiger partial charge on any atom is 0.236 e. The number of rotatable bonds is 4. The van der Waals surface area contributed by atoms with E-state index in [9.17, 15) is 0 Å². The number of aliphatic imine (C=N–C) groups is 2. The molecule has 29 heavy (non-hydrogen) atoms. The lowest BCUT2D eigenvalue weighted by atomic mass is 10.1. The zero-order chi connectivity index (χ0) is 19.6. The molecule has 0 spiro atoms. The molecular formula is C23H20N4O2. The minimum atomic E-state index is -0.0413. The van der Waals surface area contributed by atoms with Gasteiger partial charge in [0.1, 0.15) is 36.7 Å². The maximum absolute atomic E-state index is 6.13. The van der Waals surface area contributed by atoms with Crippen LogP contribution in [0.3, 0.4) is 0 Å². The monoisotopic (exact) mass is 384 g/mol. The highest BCUT2D eigenvalue weighted by atomic mass is 16.5. The molecule has 2 aliphatic rings. The van der Waals surface area contributed by atoms with Crippen molar-refractivity contribution in [1.29, 1.82) is 0 Å². The van der Waals surface area contributed by atoms with Crippen molar-refractivity contribution in [2.75, 3.05) is 18.9 Å². The quantitative estimate of drug-likeness (QED) is 0.744. The van der Waals surface area contributed by atoms with Crippen LogP contribution in [0, 0.1) is 0 Å². The number of hydrogen-bond donors (Lipinski definition) is 1. The first kappa shape index (κ1) is 17.4. The number of nitrogen functional groups attached to an aromatic ring is 1. The van der Waals surface area contributed by atoms with E-state index in [2.05, 4.69) is 4.98 Å². The van der Waals surface area contributed by atoms with Gasteiger partial charge in [0.15, 0.2) is 0 Å². The van der Waals surface area contributed by atoms with Crippen molar-refractivity contribution in [3.63, 3.8) is 0 Å². The Morgan fingerprint density at radius 2 is 1.14 bits per heavy atom. The van der Waals surface area contributed by atoms with Gasteiger partial charge in [-0.1, -0.05) is 60.7 Å². The third-order valence-electron chi connectivity index (χ3n) is 4.96. The maximum atomic E-state index is 6.13. The number of aromatic nitrogens is 1. The van der Waals surface area contributed by atoms with Crippen molar-refractivity contribution in [2.24, 2.45) is 9.98 Å². The molecule has 2 aromatic carbocycles. The molecule has 0 saturated carbocycles. The summed E-state index contributed by atoms with van der Waals surface area (Å²) in [5.41, 5.74) is 10.1. The number of benzene rings is 2. The van der Waals surface area contributed by atoms with E-state index in [1.54, 1.807) is 12.1 Å². The van der Waals surface area contributed by atoms with Gasteiger partial charge in [-0.15, -0.1) is 0 Å². The Morgan fingerprint density at radius 1 is 0.690 bits per heavy atom. The van der Waals surface area contributed by atoms with E-state index in [1.165, 1.54) is 0 Å². The molecule has 0 saturated heterocycles. The Bertz CT molecular complexity index is 997. The number of pyridine rings is 1. The fourth-order valence-electron chi connectivity index (χ4n) is 3.49. The van der Waals surface area contributed by atoms with Crippen molar-refractivity contribution < 1.29 is 9.47 Å². The SMILES string of the molecule is Nc1cc(C2=N[C@H](c3ccccc3)CO2)nc(C2=N[C@H](c3ccccc3)CO2)c1. The first-order valence-electron chi connectivity index (χ1n) is 9.56. The lowest BCUT2D eigenvalue weighted by Gasteiger charge is -2.06. The van der Waals surface area contributed by atoms with Crippen LogP contribution in [0.1, 0.15) is 34.6 Å². The molecule has 1 aromatic heterocycles. The summed E-state index contributed by atoms with van der Waals surface area (Å²) in [4.78, 5) is 14.1. The van der Waals surface area contributed by atoms with Gasteiger partial charge in [0, 0.05) is 5.69 Å². The first-order valence-corrected chi connectivity index (χ1v) is 9.56. The molecule has 3 heterocycles. The average Bonchev–Trinajstić information content (AvgIpc) is 3.45. The Kier molecular flexibility index (Phi) is 4.44. The second-order valence-corrected chi connectivity index (χ2v) is 7.01. The summed E-state index contributed by atoms with van der Waals surface area (Å²) in [5, 5.41) is 0. The van der Waals surface area contributed by atoms with Crippen LogP contribution in [-0.4, -0.2) is 30.0 Å². The van der Waals surface area contributed by atoms with E-state index in [-0.39, 0.29) is 12.1 Å². The van der Waals surface area contributed by atoms with Gasteiger partial charge in [-0.05, 0) is 23.3 Å². The van der Waals surface area contributed by atoms with Gasteiger partial charge in [0.2, 0.25) is 11.8 Å². The molecule has 3 aromatic rings. The van der Waals surface area contributed by atoms with E-state index < -0.39 is 0 Å². The predicted molar refractivity (Wildman–Crippen MR) is 112 cm³/mol. The van der Waals surface area contributed by atoms with Crippen LogP contribution in [-0.2, 0) is 9.47 Å². The molecule has 0 fully saturated rings. The van der Waals surface area contributed by atoms with Crippen LogP contribution >= 0.6 is 0 Å². The first-order chi connectivity index (χ1) is 14.3. The van der Waals surface area contributed by atoms with Crippen molar-refractivity contribution in [3.05, 3.63) is 95.3 Å². The fourth-order valence-corrected chi connectivity index (χ4v) is 3.49. The summed E-state index contributed by atoms with van der Waals surface area (Å²) < 4.78 is 11.6. The second kappa shape index (κ2) is 7.39. The van der Waals surface area contributed by atoms with E-state index in [0.717, 1.165) is 11.1 Å². The molecular weight excluding hydrogens is 364 g/mol. The molecule has 0 radical (unpaired) electrons. The number of nitrogens with two attached hydrogens (primary N) is 1. The van der Waals surface area contributed by atoms with Gasteiger partial charge < -0.3 is 15.2 Å². The van der Waals surface area contributed by atoms with Gasteiger partial charge >= 0.3 is 0 Å². The Hall–Kier alpha value is -3.67. The average molecular weight is 384 g/mol. The summed E-state index contributed by atoms with van der Waals surface area (Å²) in [6, 6.07) is 23.6. The van der Waals surface area contributed by atoms with Crippen LogP contribution in [0.5, 0.6) is 0 Å². The summed E-state index contributed by atoms with van der Waals surface area (Å²) >= 11 is 0. The molecule has 5 rings (SSSR count). The van der Waals surface area contributed by atoms with Gasteiger partial charge in [-0.2, -0.15) is 0 Å². The second-order valence-electron chi connectivity index (χ2n) is 7.01. The molecule has 0 bridgehead atoms. The van der Waals surface area contributed by atoms with Crippen LogP contribution in [0.25, 0.3) is 0 Å². The Balaban J connectivity index is 1.43. The molecule has 2 N–H and O–H groups in total. The van der Waals surface area contributed by atoms with Crippen molar-refractivity contribution in [3.8, 4) is 0 Å². The number of hydrogen-bond acceptors (Lipinski definition) is 6. The smallest absolute Gasteiger partial charge is 0.236 e. The highest BCUT2D eigenvalue weighted by Gasteiger charge is 2.26. The van der Waals surface area contributed by atoms with Gasteiger partial charge in [-0.25, -0.2) is 15.0 Å². The Labute approximate surface area is 168 Å². The predicted octanol–water partition coefficient (Wildman–Crippen LogP) is 3.70. The number of anilines is 1. The zero-order valence-electron chi connectivity index (χ0n) is 15.7. The summed E-state index contributed by atoms with van der Waals surface area (Å²) in [6.07, 6.45) is 0. The lowest BCUT2D eigenvalue weighted by Crippen LogP contribution is -2.11. The van der Waals surface area contributed by atoms with Crippen LogP contribution < -0.4 is 5.73 Å². The summed E-state index contributed by atoms with van der Waals surface area (Å²) in [6.45, 7) is 0.970. The zero-order valence-corrected chi connectivity index (χ0v) is 15.7. The van der Waals surface area contributed by atoms with Crippen LogP contribution in [0.2, 0.25) is 0 Å². The molecule has 6 heteroatoms. The van der Waals surface area contributed by atoms with Crippen molar-refractivity contribution in [1.82, 2.24) is 4.98 Å². The topological polar surface area (TPSA) is 82.1 Å². The standard InChI is InChI=1S/C23H20N4O2/c24-17-11-18(22-26-20(13-28-22)15-7-3-1-4-8-15)25-19(12-17)23-27-21(14-29-23)16-9-5-2-6-10-16/h1-12,20-21H,13-14H2,(H2,24,25)/t20-,21-/m0/s1.